The summed E-state index contributed by atoms with van der Waals surface area (Å²) in [5.41, 5.74) is 1.21. The van der Waals surface area contributed by atoms with Crippen LogP contribution in [0.3, 0.4) is 0 Å². The van der Waals surface area contributed by atoms with Crippen molar-refractivity contribution in [2.45, 2.75) is 52.2 Å². The molecule has 1 rings (SSSR count). The smallest absolute Gasteiger partial charge is 0.0830 e. The molecule has 3 atom stereocenters. The van der Waals surface area contributed by atoms with Crippen LogP contribution in [0.15, 0.2) is 36.5 Å². The van der Waals surface area contributed by atoms with Crippen LogP contribution in [0.5, 0.6) is 0 Å². The largest absolute Gasteiger partial charge is 0.371 e. The summed E-state index contributed by atoms with van der Waals surface area (Å²) in [4.78, 5) is 0. The van der Waals surface area contributed by atoms with Crippen LogP contribution in [0, 0.1) is 5.92 Å². The summed E-state index contributed by atoms with van der Waals surface area (Å²) in [6.45, 7) is 10.5. The first-order valence-corrected chi connectivity index (χ1v) is 6.32. The van der Waals surface area contributed by atoms with Crippen LogP contribution in [0.1, 0.15) is 40.0 Å². The van der Waals surface area contributed by atoms with E-state index in [0.29, 0.717) is 6.10 Å². The quantitative estimate of drug-likeness (QED) is 0.643. The second kappa shape index (κ2) is 6.70. The number of hydrogen-bond acceptors (Lipinski definition) is 1. The minimum absolute atomic E-state index is 0.234. The first-order chi connectivity index (χ1) is 7.67. The van der Waals surface area contributed by atoms with Gasteiger partial charge in [-0.2, -0.15) is 0 Å². The van der Waals surface area contributed by atoms with Gasteiger partial charge in [-0.1, -0.05) is 44.7 Å². The van der Waals surface area contributed by atoms with Gasteiger partial charge < -0.3 is 4.74 Å². The van der Waals surface area contributed by atoms with E-state index < -0.39 is 0 Å². The Morgan fingerprint density at radius 1 is 1.38 bits per heavy atom. The SMILES string of the molecule is C=C/C(=C\C=C/CC)C1CC(C)CC(C)O1. The lowest BCUT2D eigenvalue weighted by molar-refractivity contribution is -0.0380. The molecule has 0 aromatic heterocycles. The molecule has 1 saturated heterocycles. The maximum absolute atomic E-state index is 5.97. The van der Waals surface area contributed by atoms with Crippen LogP contribution in [0.2, 0.25) is 0 Å². The normalized spacial score (nSPS) is 31.9. The highest BCUT2D eigenvalue weighted by atomic mass is 16.5. The molecule has 0 spiro atoms. The minimum atomic E-state index is 0.234. The first-order valence-electron chi connectivity index (χ1n) is 6.32. The Hall–Kier alpha value is -0.820. The molecule has 0 aromatic rings. The lowest BCUT2D eigenvalue weighted by Crippen LogP contribution is -2.31. The molecule has 1 aliphatic rings. The number of ether oxygens (including phenoxy) is 1. The predicted molar refractivity (Wildman–Crippen MR) is 70.4 cm³/mol. The molecule has 0 bridgehead atoms. The Kier molecular flexibility index (Phi) is 5.54. The molecule has 0 amide bonds. The van der Waals surface area contributed by atoms with Gasteiger partial charge in [-0.25, -0.2) is 0 Å². The van der Waals surface area contributed by atoms with Crippen LogP contribution in [-0.4, -0.2) is 12.2 Å². The standard InChI is InChI=1S/C15H24O/c1-5-7-8-9-14(6-2)15-11-12(3)10-13(4)16-15/h6-9,12-13,15H,2,5,10-11H2,1,3-4H3/b8-7-,14-9+. The third-order valence-corrected chi connectivity index (χ3v) is 3.02. The molecule has 0 saturated carbocycles. The fraction of sp³-hybridized carbons (Fsp3) is 0.600. The highest BCUT2D eigenvalue weighted by molar-refractivity contribution is 5.26. The highest BCUT2D eigenvalue weighted by Crippen LogP contribution is 2.28. The molecule has 1 nitrogen and oxygen atoms in total. The van der Waals surface area contributed by atoms with E-state index in [1.54, 1.807) is 0 Å². The van der Waals surface area contributed by atoms with E-state index >= 15 is 0 Å². The topological polar surface area (TPSA) is 9.23 Å². The van der Waals surface area contributed by atoms with Crippen LogP contribution in [-0.2, 0) is 4.74 Å². The molecular formula is C15H24O. The fourth-order valence-electron chi connectivity index (χ4n) is 2.26. The average molecular weight is 220 g/mol. The summed E-state index contributed by atoms with van der Waals surface area (Å²) in [7, 11) is 0. The fourth-order valence-corrected chi connectivity index (χ4v) is 2.26. The molecule has 1 heteroatoms. The van der Waals surface area contributed by atoms with Gasteiger partial charge in [0.1, 0.15) is 0 Å². The Balaban J connectivity index is 2.68. The average Bonchev–Trinajstić information content (AvgIpc) is 2.23. The summed E-state index contributed by atoms with van der Waals surface area (Å²) in [6, 6.07) is 0. The lowest BCUT2D eigenvalue weighted by atomic mass is 9.90. The number of rotatable bonds is 4. The molecule has 3 unspecified atom stereocenters. The van der Waals surface area contributed by atoms with Crippen molar-refractivity contribution in [2.75, 3.05) is 0 Å². The molecule has 1 heterocycles. The van der Waals surface area contributed by atoms with Crippen LogP contribution in [0.25, 0.3) is 0 Å². The molecule has 0 radical (unpaired) electrons. The molecule has 16 heavy (non-hydrogen) atoms. The van der Waals surface area contributed by atoms with E-state index in [1.165, 1.54) is 12.0 Å². The van der Waals surface area contributed by atoms with Gasteiger partial charge in [0.25, 0.3) is 0 Å². The predicted octanol–water partition coefficient (Wildman–Crippen LogP) is 4.27. The second-order valence-electron chi connectivity index (χ2n) is 4.72. The third kappa shape index (κ3) is 3.97. The van der Waals surface area contributed by atoms with E-state index in [-0.39, 0.29) is 6.10 Å². The molecule has 1 fully saturated rings. The first kappa shape index (κ1) is 13.2. The van der Waals surface area contributed by atoms with Crippen molar-refractivity contribution in [3.8, 4) is 0 Å². The van der Waals surface area contributed by atoms with E-state index in [1.807, 2.05) is 6.08 Å². The Bertz CT molecular complexity index is 265. The van der Waals surface area contributed by atoms with Gasteiger partial charge >= 0.3 is 0 Å². The zero-order valence-electron chi connectivity index (χ0n) is 10.8. The van der Waals surface area contributed by atoms with E-state index in [2.05, 4.69) is 45.6 Å². The summed E-state index contributed by atoms with van der Waals surface area (Å²) in [5.74, 6) is 0.743. The van der Waals surface area contributed by atoms with Crippen molar-refractivity contribution >= 4 is 0 Å². The number of allylic oxidation sites excluding steroid dienone is 3. The minimum Gasteiger partial charge on any atom is -0.371 e. The van der Waals surface area contributed by atoms with Gasteiger partial charge in [-0.15, -0.1) is 0 Å². The van der Waals surface area contributed by atoms with Crippen molar-refractivity contribution in [1.29, 1.82) is 0 Å². The molecular weight excluding hydrogens is 196 g/mol. The zero-order valence-corrected chi connectivity index (χ0v) is 10.8. The van der Waals surface area contributed by atoms with Gasteiger partial charge in [0.2, 0.25) is 0 Å². The van der Waals surface area contributed by atoms with Gasteiger partial charge in [0.05, 0.1) is 12.2 Å². The van der Waals surface area contributed by atoms with E-state index in [4.69, 9.17) is 4.74 Å². The summed E-state index contributed by atoms with van der Waals surface area (Å²) in [6.07, 6.45) is 12.3. The Morgan fingerprint density at radius 3 is 2.69 bits per heavy atom. The van der Waals surface area contributed by atoms with Crippen LogP contribution >= 0.6 is 0 Å². The van der Waals surface area contributed by atoms with E-state index in [9.17, 15) is 0 Å². The molecule has 90 valence electrons. The van der Waals surface area contributed by atoms with Crippen molar-refractivity contribution < 1.29 is 4.74 Å². The van der Waals surface area contributed by atoms with Crippen molar-refractivity contribution in [2.24, 2.45) is 5.92 Å². The summed E-state index contributed by atoms with van der Waals surface area (Å²) in [5, 5.41) is 0. The van der Waals surface area contributed by atoms with Crippen molar-refractivity contribution in [3.63, 3.8) is 0 Å². The maximum Gasteiger partial charge on any atom is 0.0830 e. The van der Waals surface area contributed by atoms with Crippen LogP contribution in [0.4, 0.5) is 0 Å². The summed E-state index contributed by atoms with van der Waals surface area (Å²) < 4.78 is 5.97. The Morgan fingerprint density at radius 2 is 2.12 bits per heavy atom. The van der Waals surface area contributed by atoms with Gasteiger partial charge in [-0.05, 0) is 37.7 Å². The summed E-state index contributed by atoms with van der Waals surface area (Å²) >= 11 is 0. The maximum atomic E-state index is 5.97. The van der Waals surface area contributed by atoms with Gasteiger partial charge in [0, 0.05) is 0 Å². The van der Waals surface area contributed by atoms with Gasteiger partial charge in [-0.3, -0.25) is 0 Å². The van der Waals surface area contributed by atoms with Crippen LogP contribution < -0.4 is 0 Å². The highest BCUT2D eigenvalue weighted by Gasteiger charge is 2.25. The van der Waals surface area contributed by atoms with E-state index in [0.717, 1.165) is 18.8 Å². The molecule has 0 aromatic carbocycles. The van der Waals surface area contributed by atoms with Crippen molar-refractivity contribution in [1.82, 2.24) is 0 Å². The van der Waals surface area contributed by atoms with Gasteiger partial charge in [0.15, 0.2) is 0 Å². The lowest BCUT2D eigenvalue weighted by Gasteiger charge is -2.32. The second-order valence-corrected chi connectivity index (χ2v) is 4.72. The Labute approximate surface area is 99.9 Å². The molecule has 0 N–H and O–H groups in total. The number of hydrogen-bond donors (Lipinski definition) is 0. The third-order valence-electron chi connectivity index (χ3n) is 3.02. The zero-order chi connectivity index (χ0) is 12.0. The monoisotopic (exact) mass is 220 g/mol. The molecule has 1 aliphatic heterocycles. The van der Waals surface area contributed by atoms with Crippen molar-refractivity contribution in [3.05, 3.63) is 36.5 Å². The molecule has 0 aliphatic carbocycles.